The fourth-order valence-corrected chi connectivity index (χ4v) is 2.85. The predicted octanol–water partition coefficient (Wildman–Crippen LogP) is 3.62. The van der Waals surface area contributed by atoms with Crippen molar-refractivity contribution in [2.75, 3.05) is 0 Å². The van der Waals surface area contributed by atoms with Gasteiger partial charge in [0.25, 0.3) is 0 Å². The lowest BCUT2D eigenvalue weighted by Gasteiger charge is -1.98. The summed E-state index contributed by atoms with van der Waals surface area (Å²) in [5, 5.41) is 1.30. The van der Waals surface area contributed by atoms with Crippen LogP contribution in [0, 0.1) is 0 Å². The summed E-state index contributed by atoms with van der Waals surface area (Å²) >= 11 is 5.17. The van der Waals surface area contributed by atoms with E-state index in [4.69, 9.17) is 0 Å². The number of hydrogen-bond donors (Lipinski definition) is 0. The maximum Gasteiger partial charge on any atom is 0.0843 e. The van der Waals surface area contributed by atoms with Crippen LogP contribution in [0.4, 0.5) is 0 Å². The van der Waals surface area contributed by atoms with Crippen LogP contribution in [0.2, 0.25) is 0 Å². The molecule has 0 amide bonds. The van der Waals surface area contributed by atoms with Crippen LogP contribution in [0.1, 0.15) is 11.8 Å². The summed E-state index contributed by atoms with van der Waals surface area (Å²) < 4.78 is 4.39. The van der Waals surface area contributed by atoms with E-state index < -0.39 is 0 Å². The summed E-state index contributed by atoms with van der Waals surface area (Å²) in [5.41, 5.74) is 1.12. The molecular formula is C10H10BrNS. The van der Waals surface area contributed by atoms with E-state index in [-0.39, 0.29) is 0 Å². The van der Waals surface area contributed by atoms with Gasteiger partial charge in [-0.2, -0.15) is 4.37 Å². The summed E-state index contributed by atoms with van der Waals surface area (Å²) in [6, 6.07) is 8.31. The molecule has 3 heteroatoms. The van der Waals surface area contributed by atoms with E-state index in [1.54, 1.807) is 11.5 Å². The van der Waals surface area contributed by atoms with E-state index in [0.717, 1.165) is 11.9 Å². The van der Waals surface area contributed by atoms with Gasteiger partial charge in [-0.05, 0) is 24.0 Å². The van der Waals surface area contributed by atoms with Gasteiger partial charge in [0.2, 0.25) is 0 Å². The van der Waals surface area contributed by atoms with E-state index in [9.17, 15) is 0 Å². The fourth-order valence-electron chi connectivity index (χ4n) is 1.35. The predicted molar refractivity (Wildman–Crippen MR) is 61.7 cm³/mol. The van der Waals surface area contributed by atoms with E-state index in [1.165, 1.54) is 10.3 Å². The van der Waals surface area contributed by atoms with Crippen molar-refractivity contribution in [2.45, 2.75) is 18.2 Å². The highest BCUT2D eigenvalue weighted by molar-refractivity contribution is 9.09. The van der Waals surface area contributed by atoms with E-state index in [2.05, 4.69) is 45.4 Å². The van der Waals surface area contributed by atoms with Crippen molar-refractivity contribution in [2.24, 2.45) is 0 Å². The quantitative estimate of drug-likeness (QED) is 0.748. The SMILES string of the molecule is CC(Br)Cc1snc2ccccc12. The minimum Gasteiger partial charge on any atom is -0.192 e. The van der Waals surface area contributed by atoms with Crippen LogP contribution in [0.25, 0.3) is 10.9 Å². The molecule has 2 aromatic rings. The molecule has 0 radical (unpaired) electrons. The average Bonchev–Trinajstić information content (AvgIpc) is 2.48. The Balaban J connectivity index is 2.46. The van der Waals surface area contributed by atoms with Gasteiger partial charge in [0.05, 0.1) is 5.52 Å². The lowest BCUT2D eigenvalue weighted by molar-refractivity contribution is 0.986. The van der Waals surface area contributed by atoms with E-state index in [1.807, 2.05) is 6.07 Å². The molecule has 0 N–H and O–H groups in total. The van der Waals surface area contributed by atoms with Crippen molar-refractivity contribution < 1.29 is 0 Å². The molecule has 0 saturated heterocycles. The lowest BCUT2D eigenvalue weighted by atomic mass is 10.2. The Hall–Kier alpha value is -0.410. The highest BCUT2D eigenvalue weighted by Gasteiger charge is 2.06. The van der Waals surface area contributed by atoms with Gasteiger partial charge in [0.15, 0.2) is 0 Å². The maximum atomic E-state index is 4.39. The second-order valence-electron chi connectivity index (χ2n) is 3.11. The van der Waals surface area contributed by atoms with Gasteiger partial charge < -0.3 is 0 Å². The topological polar surface area (TPSA) is 12.9 Å². The third-order valence-electron chi connectivity index (χ3n) is 1.93. The van der Waals surface area contributed by atoms with Gasteiger partial charge >= 0.3 is 0 Å². The molecule has 68 valence electrons. The lowest BCUT2D eigenvalue weighted by Crippen LogP contribution is -1.93. The van der Waals surface area contributed by atoms with Crippen LogP contribution < -0.4 is 0 Å². The summed E-state index contributed by atoms with van der Waals surface area (Å²) in [6.45, 7) is 2.16. The van der Waals surface area contributed by atoms with Crippen molar-refractivity contribution in [1.29, 1.82) is 0 Å². The molecule has 0 bridgehead atoms. The van der Waals surface area contributed by atoms with Crippen molar-refractivity contribution in [3.8, 4) is 0 Å². The number of halogens is 1. The summed E-state index contributed by atoms with van der Waals surface area (Å²) in [5.74, 6) is 0. The van der Waals surface area contributed by atoms with Gasteiger partial charge in [-0.1, -0.05) is 41.1 Å². The first-order chi connectivity index (χ1) is 6.27. The van der Waals surface area contributed by atoms with Crippen LogP contribution in [0.15, 0.2) is 24.3 Å². The normalized spacial score (nSPS) is 13.4. The standard InChI is InChI=1S/C10H10BrNS/c1-7(11)6-10-8-4-2-3-5-9(8)12-13-10/h2-5,7H,6H2,1H3. The Morgan fingerprint density at radius 2 is 2.23 bits per heavy atom. The van der Waals surface area contributed by atoms with Gasteiger partial charge in [0.1, 0.15) is 0 Å². The second-order valence-corrected chi connectivity index (χ2v) is 5.53. The van der Waals surface area contributed by atoms with Gasteiger partial charge in [0, 0.05) is 15.1 Å². The Kier molecular flexibility index (Phi) is 2.65. The third-order valence-corrected chi connectivity index (χ3v) is 3.14. The number of rotatable bonds is 2. The van der Waals surface area contributed by atoms with Crippen molar-refractivity contribution >= 4 is 38.4 Å². The molecule has 1 unspecified atom stereocenters. The first-order valence-corrected chi connectivity index (χ1v) is 5.93. The molecule has 1 nitrogen and oxygen atoms in total. The van der Waals surface area contributed by atoms with Crippen LogP contribution in [0.5, 0.6) is 0 Å². The molecule has 13 heavy (non-hydrogen) atoms. The van der Waals surface area contributed by atoms with Crippen LogP contribution in [0.3, 0.4) is 0 Å². The minimum absolute atomic E-state index is 0.524. The first kappa shape index (κ1) is 9.16. The van der Waals surface area contributed by atoms with Crippen LogP contribution >= 0.6 is 27.5 Å². The van der Waals surface area contributed by atoms with Crippen molar-refractivity contribution in [1.82, 2.24) is 4.37 Å². The maximum absolute atomic E-state index is 4.39. The molecular weight excluding hydrogens is 246 g/mol. The van der Waals surface area contributed by atoms with E-state index >= 15 is 0 Å². The number of alkyl halides is 1. The summed E-state index contributed by atoms with van der Waals surface area (Å²) in [6.07, 6.45) is 1.06. The molecule has 1 atom stereocenters. The molecule has 0 aliphatic heterocycles. The summed E-state index contributed by atoms with van der Waals surface area (Å²) in [7, 11) is 0. The molecule has 0 saturated carbocycles. The van der Waals surface area contributed by atoms with Gasteiger partial charge in [-0.3, -0.25) is 0 Å². The Morgan fingerprint density at radius 1 is 1.46 bits per heavy atom. The molecule has 1 aromatic carbocycles. The number of fused-ring (bicyclic) bond motifs is 1. The Morgan fingerprint density at radius 3 is 3.00 bits per heavy atom. The molecule has 1 heterocycles. The zero-order valence-corrected chi connectivity index (χ0v) is 9.73. The highest BCUT2D eigenvalue weighted by atomic mass is 79.9. The van der Waals surface area contributed by atoms with E-state index in [0.29, 0.717) is 4.83 Å². The third kappa shape index (κ3) is 1.92. The van der Waals surface area contributed by atoms with Gasteiger partial charge in [-0.15, -0.1) is 0 Å². The zero-order chi connectivity index (χ0) is 9.26. The molecule has 0 fully saturated rings. The molecule has 0 aliphatic carbocycles. The molecule has 2 rings (SSSR count). The van der Waals surface area contributed by atoms with Crippen LogP contribution in [-0.4, -0.2) is 9.20 Å². The number of aromatic nitrogens is 1. The van der Waals surface area contributed by atoms with Crippen LogP contribution in [-0.2, 0) is 6.42 Å². The summed E-state index contributed by atoms with van der Waals surface area (Å²) in [4.78, 5) is 1.90. The minimum atomic E-state index is 0.524. The van der Waals surface area contributed by atoms with Crippen molar-refractivity contribution in [3.63, 3.8) is 0 Å². The highest BCUT2D eigenvalue weighted by Crippen LogP contribution is 2.24. The monoisotopic (exact) mass is 255 g/mol. The molecule has 0 spiro atoms. The smallest absolute Gasteiger partial charge is 0.0843 e. The largest absolute Gasteiger partial charge is 0.192 e. The zero-order valence-electron chi connectivity index (χ0n) is 7.33. The average molecular weight is 256 g/mol. The van der Waals surface area contributed by atoms with Crippen molar-refractivity contribution in [3.05, 3.63) is 29.1 Å². The number of nitrogens with zero attached hydrogens (tertiary/aromatic N) is 1. The first-order valence-electron chi connectivity index (χ1n) is 4.25. The fraction of sp³-hybridized carbons (Fsp3) is 0.300. The second kappa shape index (κ2) is 3.76. The Labute approximate surface area is 90.1 Å². The Bertz CT molecular complexity index is 408. The number of hydrogen-bond acceptors (Lipinski definition) is 2. The molecule has 0 aliphatic rings. The molecule has 1 aromatic heterocycles. The number of benzene rings is 1. The van der Waals surface area contributed by atoms with Gasteiger partial charge in [-0.25, -0.2) is 0 Å².